The Bertz CT molecular complexity index is 361. The first-order valence-corrected chi connectivity index (χ1v) is 8.79. The van der Waals surface area contributed by atoms with Crippen molar-refractivity contribution in [1.82, 2.24) is 5.32 Å². The summed E-state index contributed by atoms with van der Waals surface area (Å²) >= 11 is 1.90. The molecule has 0 aromatic heterocycles. The maximum atomic E-state index is 5.65. The van der Waals surface area contributed by atoms with Gasteiger partial charge in [-0.05, 0) is 18.3 Å². The second-order valence-corrected chi connectivity index (χ2v) is 7.48. The van der Waals surface area contributed by atoms with Gasteiger partial charge in [-0.25, -0.2) is 0 Å². The van der Waals surface area contributed by atoms with Crippen LogP contribution in [-0.4, -0.2) is 49.9 Å². The highest BCUT2D eigenvalue weighted by molar-refractivity contribution is 8.13. The van der Waals surface area contributed by atoms with E-state index in [1.54, 1.807) is 7.11 Å². The molecular weight excluding hydrogens is 272 g/mol. The second-order valence-electron chi connectivity index (χ2n) is 6.51. The zero-order chi connectivity index (χ0) is 13.9. The van der Waals surface area contributed by atoms with Crippen LogP contribution in [0.5, 0.6) is 0 Å². The van der Waals surface area contributed by atoms with Crippen LogP contribution in [0, 0.1) is 5.41 Å². The molecule has 20 heavy (non-hydrogen) atoms. The Balaban J connectivity index is 1.52. The van der Waals surface area contributed by atoms with Gasteiger partial charge in [-0.3, -0.25) is 4.99 Å². The molecule has 2 fully saturated rings. The van der Waals surface area contributed by atoms with E-state index in [1.165, 1.54) is 37.9 Å². The van der Waals surface area contributed by atoms with Crippen molar-refractivity contribution in [2.45, 2.75) is 44.1 Å². The largest absolute Gasteiger partial charge is 0.378 e. The lowest BCUT2D eigenvalue weighted by Crippen LogP contribution is -2.46. The van der Waals surface area contributed by atoms with Gasteiger partial charge in [-0.2, -0.15) is 0 Å². The molecule has 0 radical (unpaired) electrons. The molecule has 1 saturated heterocycles. The predicted molar refractivity (Wildman–Crippen MR) is 83.5 cm³/mol. The van der Waals surface area contributed by atoms with Crippen LogP contribution in [0.3, 0.4) is 0 Å². The third-order valence-corrected chi connectivity index (χ3v) is 6.35. The molecule has 1 N–H and O–H groups in total. The molecule has 1 aliphatic carbocycles. The molecule has 1 saturated carbocycles. The smallest absolute Gasteiger partial charge is 0.156 e. The Morgan fingerprint density at radius 2 is 2.15 bits per heavy atom. The van der Waals surface area contributed by atoms with Gasteiger partial charge in [0.05, 0.1) is 6.61 Å². The van der Waals surface area contributed by atoms with Crippen LogP contribution in [0.1, 0.15) is 38.5 Å². The predicted octanol–water partition coefficient (Wildman–Crippen LogP) is 2.43. The summed E-state index contributed by atoms with van der Waals surface area (Å²) in [4.78, 5) is 4.80. The summed E-state index contributed by atoms with van der Waals surface area (Å²) in [5.41, 5.74) is 0.354. The van der Waals surface area contributed by atoms with Gasteiger partial charge in [0.25, 0.3) is 0 Å². The lowest BCUT2D eigenvalue weighted by atomic mass is 9.75. The van der Waals surface area contributed by atoms with Crippen molar-refractivity contribution in [3.8, 4) is 0 Å². The van der Waals surface area contributed by atoms with Crippen molar-refractivity contribution in [2.24, 2.45) is 10.4 Å². The van der Waals surface area contributed by atoms with Crippen LogP contribution in [0.15, 0.2) is 4.99 Å². The Morgan fingerprint density at radius 1 is 1.30 bits per heavy atom. The monoisotopic (exact) mass is 298 g/mol. The van der Waals surface area contributed by atoms with Gasteiger partial charge < -0.3 is 14.8 Å². The average molecular weight is 298 g/mol. The van der Waals surface area contributed by atoms with Crippen molar-refractivity contribution in [3.05, 3.63) is 0 Å². The third kappa shape index (κ3) is 3.15. The SMILES string of the molecule is COC1(CNC2=NCC3(CCCCC3)CS2)CCOC1. The number of nitrogens with zero attached hydrogens (tertiary/aromatic N) is 1. The Kier molecular flexibility index (Phi) is 4.58. The quantitative estimate of drug-likeness (QED) is 0.869. The van der Waals surface area contributed by atoms with Crippen molar-refractivity contribution in [3.63, 3.8) is 0 Å². The minimum atomic E-state index is -0.150. The molecule has 2 heterocycles. The standard InChI is InChI=1S/C15H26N2O2S/c1-18-15(7-8-19-11-15)10-17-13-16-9-14(12-20-13)5-3-2-4-6-14/h2-12H2,1H3,(H,16,17). The van der Waals surface area contributed by atoms with Crippen molar-refractivity contribution >= 4 is 16.9 Å². The number of methoxy groups -OCH3 is 1. The van der Waals surface area contributed by atoms with Crippen LogP contribution >= 0.6 is 11.8 Å². The molecule has 0 aromatic rings. The molecule has 2 aliphatic heterocycles. The van der Waals surface area contributed by atoms with E-state index in [0.29, 0.717) is 12.0 Å². The Hall–Kier alpha value is -0.260. The fraction of sp³-hybridized carbons (Fsp3) is 0.933. The highest BCUT2D eigenvalue weighted by atomic mass is 32.2. The number of thioether (sulfide) groups is 1. The number of hydrogen-bond donors (Lipinski definition) is 1. The number of hydrogen-bond acceptors (Lipinski definition) is 5. The zero-order valence-corrected chi connectivity index (χ0v) is 13.3. The fourth-order valence-electron chi connectivity index (χ4n) is 3.46. The van der Waals surface area contributed by atoms with Crippen LogP contribution in [0.4, 0.5) is 0 Å². The Labute approximate surface area is 126 Å². The van der Waals surface area contributed by atoms with E-state index in [9.17, 15) is 0 Å². The van der Waals surface area contributed by atoms with E-state index in [-0.39, 0.29) is 5.60 Å². The van der Waals surface area contributed by atoms with Crippen LogP contribution in [0.25, 0.3) is 0 Å². The van der Waals surface area contributed by atoms with Crippen LogP contribution in [0.2, 0.25) is 0 Å². The van der Waals surface area contributed by atoms with Crippen LogP contribution < -0.4 is 5.32 Å². The summed E-state index contributed by atoms with van der Waals surface area (Å²) in [6.45, 7) is 3.32. The van der Waals surface area contributed by atoms with Crippen molar-refractivity contribution < 1.29 is 9.47 Å². The van der Waals surface area contributed by atoms with Gasteiger partial charge in [0.1, 0.15) is 5.60 Å². The first kappa shape index (κ1) is 14.7. The number of rotatable bonds is 3. The number of amidine groups is 1. The van der Waals surface area contributed by atoms with Gasteiger partial charge in [-0.15, -0.1) is 0 Å². The number of ether oxygens (including phenoxy) is 2. The molecule has 1 spiro atoms. The minimum absolute atomic E-state index is 0.150. The zero-order valence-electron chi connectivity index (χ0n) is 12.5. The molecule has 3 rings (SSSR count). The average Bonchev–Trinajstić information content (AvgIpc) is 2.97. The minimum Gasteiger partial charge on any atom is -0.378 e. The summed E-state index contributed by atoms with van der Waals surface area (Å²) in [7, 11) is 1.78. The molecule has 0 aromatic carbocycles. The summed E-state index contributed by atoms with van der Waals surface area (Å²) in [5.74, 6) is 1.23. The second kappa shape index (κ2) is 6.24. The molecule has 4 nitrogen and oxygen atoms in total. The van der Waals surface area contributed by atoms with E-state index in [2.05, 4.69) is 5.32 Å². The molecular formula is C15H26N2O2S. The van der Waals surface area contributed by atoms with Crippen molar-refractivity contribution in [1.29, 1.82) is 0 Å². The lowest BCUT2D eigenvalue weighted by molar-refractivity contribution is -0.0125. The van der Waals surface area contributed by atoms with Gasteiger partial charge in [0.15, 0.2) is 5.17 Å². The summed E-state index contributed by atoms with van der Waals surface area (Å²) in [5, 5.41) is 4.59. The fourth-order valence-corrected chi connectivity index (χ4v) is 4.61. The highest BCUT2D eigenvalue weighted by Crippen LogP contribution is 2.41. The molecule has 1 atom stereocenters. The molecule has 0 amide bonds. The molecule has 114 valence electrons. The van der Waals surface area contributed by atoms with E-state index in [1.807, 2.05) is 11.8 Å². The van der Waals surface area contributed by atoms with Gasteiger partial charge in [0.2, 0.25) is 0 Å². The Morgan fingerprint density at radius 3 is 2.75 bits per heavy atom. The maximum absolute atomic E-state index is 5.65. The summed E-state index contributed by atoms with van der Waals surface area (Å²) in [6.07, 6.45) is 7.90. The topological polar surface area (TPSA) is 42.8 Å². The maximum Gasteiger partial charge on any atom is 0.156 e. The van der Waals surface area contributed by atoms with Gasteiger partial charge in [-0.1, -0.05) is 31.0 Å². The first-order chi connectivity index (χ1) is 9.76. The number of aliphatic imine (C=N–C) groups is 1. The van der Waals surface area contributed by atoms with Crippen molar-refractivity contribution in [2.75, 3.05) is 39.2 Å². The van der Waals surface area contributed by atoms with E-state index >= 15 is 0 Å². The normalized spacial score (nSPS) is 33.1. The third-order valence-electron chi connectivity index (χ3n) is 5.05. The molecule has 0 bridgehead atoms. The van der Waals surface area contributed by atoms with Gasteiger partial charge in [0, 0.05) is 39.0 Å². The number of nitrogens with one attached hydrogen (secondary N) is 1. The summed E-state index contributed by atoms with van der Waals surface area (Å²) in [6, 6.07) is 0. The lowest BCUT2D eigenvalue weighted by Gasteiger charge is -2.38. The van der Waals surface area contributed by atoms with E-state index in [4.69, 9.17) is 14.5 Å². The molecule has 3 aliphatic rings. The summed E-state index contributed by atoms with van der Waals surface area (Å²) < 4.78 is 11.1. The molecule has 1 unspecified atom stereocenters. The van der Waals surface area contributed by atoms with E-state index < -0.39 is 0 Å². The van der Waals surface area contributed by atoms with E-state index in [0.717, 1.165) is 31.3 Å². The molecule has 5 heteroatoms. The highest BCUT2D eigenvalue weighted by Gasteiger charge is 2.37. The van der Waals surface area contributed by atoms with Crippen LogP contribution in [-0.2, 0) is 9.47 Å². The van der Waals surface area contributed by atoms with Gasteiger partial charge >= 0.3 is 0 Å². The first-order valence-electron chi connectivity index (χ1n) is 7.80.